The van der Waals surface area contributed by atoms with Gasteiger partial charge in [0, 0.05) is 8.04 Å². The molecule has 0 fully saturated rings. The summed E-state index contributed by atoms with van der Waals surface area (Å²) < 4.78 is 14.1. The van der Waals surface area contributed by atoms with E-state index >= 15 is 0 Å². The molecule has 0 aliphatic heterocycles. The van der Waals surface area contributed by atoms with Crippen LogP contribution in [0.25, 0.3) is 0 Å². The fourth-order valence-electron chi connectivity index (χ4n) is 0.707. The van der Waals surface area contributed by atoms with Crippen LogP contribution in [0, 0.1) is 9.39 Å². The van der Waals surface area contributed by atoms with E-state index in [4.69, 9.17) is 11.6 Å². The van der Waals surface area contributed by atoms with Crippen molar-refractivity contribution in [2.45, 2.75) is 0 Å². The molecule has 1 nitrogen and oxygen atoms in total. The average molecular weight is 363 g/mol. The highest BCUT2D eigenvalue weighted by molar-refractivity contribution is 14.1. The van der Waals surface area contributed by atoms with Gasteiger partial charge in [0.2, 0.25) is 0 Å². The number of carbonyl (C=O) groups excluding carboxylic acids is 1. The first-order chi connectivity index (χ1) is 5.54. The van der Waals surface area contributed by atoms with Crippen molar-refractivity contribution < 1.29 is 9.18 Å². The van der Waals surface area contributed by atoms with Crippen LogP contribution in [0.1, 0.15) is 10.4 Å². The van der Waals surface area contributed by atoms with Crippen LogP contribution >= 0.6 is 50.1 Å². The molecule has 1 rings (SSSR count). The molecule has 0 unspecified atom stereocenters. The van der Waals surface area contributed by atoms with Crippen LogP contribution in [-0.2, 0) is 0 Å². The van der Waals surface area contributed by atoms with Crippen LogP contribution in [0.5, 0.6) is 0 Å². The van der Waals surface area contributed by atoms with E-state index in [1.165, 1.54) is 6.07 Å². The third-order valence-electron chi connectivity index (χ3n) is 1.24. The molecule has 0 amide bonds. The largest absolute Gasteiger partial charge is 0.275 e. The number of carbonyl (C=O) groups is 1. The fraction of sp³-hybridized carbons (Fsp3) is 0. The maximum atomic E-state index is 12.9. The lowest BCUT2D eigenvalue weighted by Gasteiger charge is -2.01. The molecular formula is C7H2BrClFIO. The quantitative estimate of drug-likeness (QED) is 0.424. The van der Waals surface area contributed by atoms with Crippen molar-refractivity contribution in [3.63, 3.8) is 0 Å². The Morgan fingerprint density at radius 3 is 2.58 bits per heavy atom. The zero-order valence-corrected chi connectivity index (χ0v) is 10.1. The van der Waals surface area contributed by atoms with E-state index in [1.807, 2.05) is 22.6 Å². The highest BCUT2D eigenvalue weighted by atomic mass is 127. The number of rotatable bonds is 1. The zero-order chi connectivity index (χ0) is 9.30. The lowest BCUT2D eigenvalue weighted by Crippen LogP contribution is -1.97. The molecular weight excluding hydrogens is 361 g/mol. The van der Waals surface area contributed by atoms with Gasteiger partial charge in [-0.2, -0.15) is 0 Å². The summed E-state index contributed by atoms with van der Waals surface area (Å²) in [6, 6.07) is 2.77. The molecule has 0 aliphatic rings. The van der Waals surface area contributed by atoms with Crippen LogP contribution in [-0.4, -0.2) is 5.24 Å². The third-order valence-corrected chi connectivity index (χ3v) is 3.89. The minimum atomic E-state index is -0.794. The Labute approximate surface area is 95.6 Å². The fourth-order valence-corrected chi connectivity index (χ4v) is 1.96. The molecule has 0 heterocycles. The van der Waals surface area contributed by atoms with Gasteiger partial charge < -0.3 is 0 Å². The van der Waals surface area contributed by atoms with Gasteiger partial charge in [-0.3, -0.25) is 4.79 Å². The molecule has 1 aromatic rings. The van der Waals surface area contributed by atoms with Gasteiger partial charge in [0.1, 0.15) is 5.82 Å². The van der Waals surface area contributed by atoms with Crippen LogP contribution in [0.3, 0.4) is 0 Å². The van der Waals surface area contributed by atoms with E-state index in [-0.39, 0.29) is 5.56 Å². The molecule has 5 heteroatoms. The minimum Gasteiger partial charge on any atom is -0.275 e. The van der Waals surface area contributed by atoms with Crippen LogP contribution < -0.4 is 0 Å². The monoisotopic (exact) mass is 362 g/mol. The predicted molar refractivity (Wildman–Crippen MR) is 57.0 cm³/mol. The summed E-state index contributed by atoms with van der Waals surface area (Å²) in [5.41, 5.74) is -0.108. The first-order valence-electron chi connectivity index (χ1n) is 2.87. The second kappa shape index (κ2) is 4.02. The molecule has 64 valence electrons. The molecule has 0 radical (unpaired) electrons. The Balaban J connectivity index is 3.43. The second-order valence-corrected chi connectivity index (χ2v) is 4.29. The molecule has 0 aromatic heterocycles. The van der Waals surface area contributed by atoms with Crippen molar-refractivity contribution in [2.24, 2.45) is 0 Å². The molecule has 0 N–H and O–H groups in total. The van der Waals surface area contributed by atoms with Gasteiger partial charge in [0.15, 0.2) is 0 Å². The molecule has 0 bridgehead atoms. The lowest BCUT2D eigenvalue weighted by molar-refractivity contribution is 0.107. The van der Waals surface area contributed by atoms with E-state index in [2.05, 4.69) is 15.9 Å². The van der Waals surface area contributed by atoms with Crippen molar-refractivity contribution in [1.82, 2.24) is 0 Å². The van der Waals surface area contributed by atoms with Crippen molar-refractivity contribution >= 4 is 55.4 Å². The van der Waals surface area contributed by atoms with Crippen molar-refractivity contribution in [2.75, 3.05) is 0 Å². The van der Waals surface area contributed by atoms with Gasteiger partial charge in [-0.25, -0.2) is 4.39 Å². The minimum absolute atomic E-state index is 0.108. The average Bonchev–Trinajstić information content (AvgIpc) is 1.97. The van der Waals surface area contributed by atoms with Gasteiger partial charge in [-0.1, -0.05) is 0 Å². The topological polar surface area (TPSA) is 17.1 Å². The number of hydrogen-bond acceptors (Lipinski definition) is 1. The maximum Gasteiger partial charge on any atom is 0.256 e. The highest BCUT2D eigenvalue weighted by Gasteiger charge is 2.15. The molecule has 0 aliphatic carbocycles. The van der Waals surface area contributed by atoms with E-state index < -0.39 is 11.1 Å². The zero-order valence-electron chi connectivity index (χ0n) is 5.57. The van der Waals surface area contributed by atoms with Crippen LogP contribution in [0.2, 0.25) is 0 Å². The summed E-state index contributed by atoms with van der Waals surface area (Å²) in [5, 5.41) is -0.794. The summed E-state index contributed by atoms with van der Waals surface area (Å²) in [6.45, 7) is 0. The number of hydrogen-bond donors (Lipinski definition) is 0. The summed E-state index contributed by atoms with van der Waals surface area (Å²) >= 11 is 10.2. The lowest BCUT2D eigenvalue weighted by atomic mass is 10.2. The Morgan fingerprint density at radius 1 is 1.58 bits per heavy atom. The summed E-state index contributed by atoms with van der Waals surface area (Å²) in [4.78, 5) is 10.7. The standard InChI is InChI=1S/C7H2BrClFIO/c8-6-4(11)2-1-3(10)5(6)7(9)12/h1-2H. The smallest absolute Gasteiger partial charge is 0.256 e. The van der Waals surface area contributed by atoms with Gasteiger partial charge in [-0.15, -0.1) is 0 Å². The normalized spacial score (nSPS) is 10.0. The molecule has 1 aromatic carbocycles. The van der Waals surface area contributed by atoms with E-state index in [1.54, 1.807) is 6.07 Å². The Bertz CT molecular complexity index is 342. The molecule has 0 saturated heterocycles. The first-order valence-corrected chi connectivity index (χ1v) is 5.12. The maximum absolute atomic E-state index is 12.9. The van der Waals surface area contributed by atoms with E-state index in [0.29, 0.717) is 4.47 Å². The van der Waals surface area contributed by atoms with Gasteiger partial charge in [-0.05, 0) is 62.3 Å². The molecule has 12 heavy (non-hydrogen) atoms. The molecule has 0 atom stereocenters. The predicted octanol–water partition coefficient (Wildman–Crippen LogP) is 3.57. The van der Waals surface area contributed by atoms with Gasteiger partial charge in [0.25, 0.3) is 5.24 Å². The third kappa shape index (κ3) is 1.97. The summed E-state index contributed by atoms with van der Waals surface area (Å²) in [5.74, 6) is -0.609. The Kier molecular flexibility index (Phi) is 3.48. The van der Waals surface area contributed by atoms with E-state index in [0.717, 1.165) is 3.57 Å². The molecule has 0 spiro atoms. The van der Waals surface area contributed by atoms with Crippen LogP contribution in [0.15, 0.2) is 16.6 Å². The SMILES string of the molecule is O=C(Cl)c1c(F)ccc(I)c1Br. The second-order valence-electron chi connectivity index (χ2n) is 1.99. The highest BCUT2D eigenvalue weighted by Crippen LogP contribution is 2.26. The van der Waals surface area contributed by atoms with Crippen molar-refractivity contribution in [3.05, 3.63) is 31.6 Å². The summed E-state index contributed by atoms with van der Waals surface area (Å²) in [7, 11) is 0. The number of halogens is 4. The summed E-state index contributed by atoms with van der Waals surface area (Å²) in [6.07, 6.45) is 0. The van der Waals surface area contributed by atoms with Gasteiger partial charge in [0.05, 0.1) is 5.56 Å². The van der Waals surface area contributed by atoms with Crippen LogP contribution in [0.4, 0.5) is 4.39 Å². The van der Waals surface area contributed by atoms with Crippen molar-refractivity contribution in [1.29, 1.82) is 0 Å². The molecule has 0 saturated carbocycles. The van der Waals surface area contributed by atoms with E-state index in [9.17, 15) is 9.18 Å². The first kappa shape index (κ1) is 10.4. The Hall–Kier alpha value is 0.320. The van der Waals surface area contributed by atoms with Gasteiger partial charge >= 0.3 is 0 Å². The van der Waals surface area contributed by atoms with Crippen molar-refractivity contribution in [3.8, 4) is 0 Å². The Morgan fingerprint density at radius 2 is 2.17 bits per heavy atom. The number of benzene rings is 1.